The van der Waals surface area contributed by atoms with Crippen LogP contribution in [-0.4, -0.2) is 35.1 Å². The zero-order valence-electron chi connectivity index (χ0n) is 10.2. The van der Waals surface area contributed by atoms with Crippen molar-refractivity contribution in [3.63, 3.8) is 0 Å². The Kier molecular flexibility index (Phi) is 5.72. The third-order valence-electron chi connectivity index (χ3n) is 2.31. The number of esters is 3. The Labute approximate surface area is 109 Å². The van der Waals surface area contributed by atoms with Gasteiger partial charge in [0, 0.05) is 0 Å². The van der Waals surface area contributed by atoms with Crippen LogP contribution >= 0.6 is 0 Å². The van der Waals surface area contributed by atoms with E-state index >= 15 is 0 Å². The molecular formula is C12H14O7. The first kappa shape index (κ1) is 14.9. The summed E-state index contributed by atoms with van der Waals surface area (Å²) in [6, 6.07) is 0. The van der Waals surface area contributed by atoms with Gasteiger partial charge >= 0.3 is 23.9 Å². The first-order chi connectivity index (χ1) is 8.97. The van der Waals surface area contributed by atoms with Crippen LogP contribution < -0.4 is 0 Å². The van der Waals surface area contributed by atoms with E-state index < -0.39 is 43.1 Å². The summed E-state index contributed by atoms with van der Waals surface area (Å²) in [7, 11) is 0. The molecule has 1 atom stereocenters. The summed E-state index contributed by atoms with van der Waals surface area (Å²) in [5.74, 6) is -3.95. The van der Waals surface area contributed by atoms with Crippen LogP contribution in [0.15, 0.2) is 12.2 Å². The number of allylic oxidation sites excluding steroid dienone is 1. The Balaban J connectivity index is 2.22. The third-order valence-corrected chi connectivity index (χ3v) is 2.31. The normalized spacial score (nSPS) is 16.9. The Bertz CT molecular complexity index is 410. The van der Waals surface area contributed by atoms with Crippen LogP contribution in [0.2, 0.25) is 0 Å². The number of aliphatic carboxylic acids is 1. The highest BCUT2D eigenvalue weighted by molar-refractivity contribution is 5.96. The first-order valence-corrected chi connectivity index (χ1v) is 5.79. The van der Waals surface area contributed by atoms with Crippen molar-refractivity contribution < 1.29 is 33.8 Å². The fourth-order valence-electron chi connectivity index (χ4n) is 1.45. The van der Waals surface area contributed by atoms with E-state index in [2.05, 4.69) is 4.74 Å². The molecule has 0 saturated heterocycles. The molecule has 1 unspecified atom stereocenters. The van der Waals surface area contributed by atoms with Crippen molar-refractivity contribution in [2.75, 3.05) is 0 Å². The number of hydrogen-bond acceptors (Lipinski definition) is 6. The first-order valence-electron chi connectivity index (χ1n) is 5.79. The van der Waals surface area contributed by atoms with Crippen LogP contribution in [0.5, 0.6) is 0 Å². The fraction of sp³-hybridized carbons (Fsp3) is 0.500. The summed E-state index contributed by atoms with van der Waals surface area (Å²) in [4.78, 5) is 43.7. The Morgan fingerprint density at radius 3 is 2.42 bits per heavy atom. The Morgan fingerprint density at radius 2 is 1.84 bits per heavy atom. The second-order valence-electron chi connectivity index (χ2n) is 3.95. The summed E-state index contributed by atoms with van der Waals surface area (Å²) in [5.41, 5.74) is 0. The zero-order valence-corrected chi connectivity index (χ0v) is 10.2. The standard InChI is InChI=1S/C12H14O7/c13-9(14)5-6-10(15)19-12(17)7-11(16)18-8-3-1-2-4-8/h1,3,8H,2,4-7H2,(H,13,14). The molecule has 1 aliphatic carbocycles. The van der Waals surface area contributed by atoms with Crippen molar-refractivity contribution in [1.82, 2.24) is 0 Å². The minimum atomic E-state index is -1.17. The van der Waals surface area contributed by atoms with Gasteiger partial charge in [0.25, 0.3) is 0 Å². The number of hydrogen-bond donors (Lipinski definition) is 1. The number of carbonyl (C=O) groups excluding carboxylic acids is 3. The van der Waals surface area contributed by atoms with Gasteiger partial charge in [-0.05, 0) is 18.9 Å². The van der Waals surface area contributed by atoms with Gasteiger partial charge in [-0.3, -0.25) is 19.2 Å². The lowest BCUT2D eigenvalue weighted by Gasteiger charge is -2.09. The quantitative estimate of drug-likeness (QED) is 0.427. The van der Waals surface area contributed by atoms with Gasteiger partial charge in [0.2, 0.25) is 0 Å². The van der Waals surface area contributed by atoms with Crippen LogP contribution in [0.3, 0.4) is 0 Å². The Morgan fingerprint density at radius 1 is 1.11 bits per heavy atom. The van der Waals surface area contributed by atoms with E-state index in [4.69, 9.17) is 9.84 Å². The van der Waals surface area contributed by atoms with Crippen LogP contribution in [0.1, 0.15) is 32.1 Å². The molecule has 0 radical (unpaired) electrons. The number of ether oxygens (including phenoxy) is 2. The van der Waals surface area contributed by atoms with Crippen molar-refractivity contribution in [3.8, 4) is 0 Å². The number of carboxylic acid groups (broad SMARTS) is 1. The van der Waals surface area contributed by atoms with Crippen LogP contribution in [0.4, 0.5) is 0 Å². The van der Waals surface area contributed by atoms with Crippen LogP contribution in [0.25, 0.3) is 0 Å². The summed E-state index contributed by atoms with van der Waals surface area (Å²) in [6.07, 6.45) is 3.25. The molecule has 0 aromatic rings. The molecule has 0 heterocycles. The van der Waals surface area contributed by atoms with E-state index in [1.165, 1.54) is 0 Å². The fourth-order valence-corrected chi connectivity index (χ4v) is 1.45. The van der Waals surface area contributed by atoms with Gasteiger partial charge in [0.15, 0.2) is 0 Å². The maximum absolute atomic E-state index is 11.3. The van der Waals surface area contributed by atoms with Gasteiger partial charge in [-0.2, -0.15) is 0 Å². The van der Waals surface area contributed by atoms with Gasteiger partial charge < -0.3 is 14.6 Å². The maximum Gasteiger partial charge on any atom is 0.324 e. The lowest BCUT2D eigenvalue weighted by Crippen LogP contribution is -2.20. The van der Waals surface area contributed by atoms with Gasteiger partial charge in [0.1, 0.15) is 12.5 Å². The van der Waals surface area contributed by atoms with E-state index in [0.717, 1.165) is 6.42 Å². The number of carboxylic acids is 1. The van der Waals surface area contributed by atoms with Crippen molar-refractivity contribution >= 4 is 23.9 Å². The predicted molar refractivity (Wildman–Crippen MR) is 60.8 cm³/mol. The summed E-state index contributed by atoms with van der Waals surface area (Å²) in [6.45, 7) is 0. The molecule has 0 amide bonds. The highest BCUT2D eigenvalue weighted by atomic mass is 16.6. The smallest absolute Gasteiger partial charge is 0.324 e. The van der Waals surface area contributed by atoms with Gasteiger partial charge in [-0.15, -0.1) is 0 Å². The predicted octanol–water partition coefficient (Wildman–Crippen LogP) is 0.573. The van der Waals surface area contributed by atoms with E-state index in [-0.39, 0.29) is 6.10 Å². The van der Waals surface area contributed by atoms with E-state index in [0.29, 0.717) is 6.42 Å². The summed E-state index contributed by atoms with van der Waals surface area (Å²) < 4.78 is 9.21. The molecule has 0 aromatic carbocycles. The SMILES string of the molecule is O=C(O)CCC(=O)OC(=O)CC(=O)OC1C=CCC1. The Hall–Kier alpha value is -2.18. The molecule has 7 heteroatoms. The second-order valence-corrected chi connectivity index (χ2v) is 3.95. The molecule has 0 fully saturated rings. The minimum Gasteiger partial charge on any atom is -0.481 e. The number of carbonyl (C=O) groups is 4. The van der Waals surface area contributed by atoms with Gasteiger partial charge in [-0.25, -0.2) is 0 Å². The molecule has 0 bridgehead atoms. The molecule has 19 heavy (non-hydrogen) atoms. The maximum atomic E-state index is 11.3. The molecule has 0 aromatic heterocycles. The molecule has 1 N–H and O–H groups in total. The molecule has 1 rings (SSSR count). The molecule has 1 aliphatic rings. The third kappa shape index (κ3) is 6.35. The highest BCUT2D eigenvalue weighted by Gasteiger charge is 2.20. The van der Waals surface area contributed by atoms with Crippen molar-refractivity contribution in [3.05, 3.63) is 12.2 Å². The van der Waals surface area contributed by atoms with E-state index in [1.807, 2.05) is 6.08 Å². The summed E-state index contributed by atoms with van der Waals surface area (Å²) in [5, 5.41) is 8.33. The molecule has 0 saturated carbocycles. The molecular weight excluding hydrogens is 256 g/mol. The topological polar surface area (TPSA) is 107 Å². The van der Waals surface area contributed by atoms with Crippen molar-refractivity contribution in [2.24, 2.45) is 0 Å². The zero-order chi connectivity index (χ0) is 14.3. The molecule has 7 nitrogen and oxygen atoms in total. The van der Waals surface area contributed by atoms with E-state index in [9.17, 15) is 19.2 Å². The number of rotatable bonds is 6. The monoisotopic (exact) mass is 270 g/mol. The average molecular weight is 270 g/mol. The van der Waals surface area contributed by atoms with Crippen molar-refractivity contribution in [2.45, 2.75) is 38.2 Å². The van der Waals surface area contributed by atoms with Crippen LogP contribution in [-0.2, 0) is 28.7 Å². The average Bonchev–Trinajstić information content (AvgIpc) is 2.78. The minimum absolute atomic E-state index is 0.331. The van der Waals surface area contributed by atoms with E-state index in [1.54, 1.807) is 6.08 Å². The second kappa shape index (κ2) is 7.30. The lowest BCUT2D eigenvalue weighted by molar-refractivity contribution is -0.164. The van der Waals surface area contributed by atoms with Crippen molar-refractivity contribution in [1.29, 1.82) is 0 Å². The summed E-state index contributed by atoms with van der Waals surface area (Å²) >= 11 is 0. The van der Waals surface area contributed by atoms with Crippen LogP contribution in [0, 0.1) is 0 Å². The molecule has 0 spiro atoms. The molecule has 104 valence electrons. The van der Waals surface area contributed by atoms with Gasteiger partial charge in [0.05, 0.1) is 12.8 Å². The largest absolute Gasteiger partial charge is 0.481 e. The lowest BCUT2D eigenvalue weighted by atomic mass is 10.3. The van der Waals surface area contributed by atoms with Gasteiger partial charge in [-0.1, -0.05) is 6.08 Å². The highest BCUT2D eigenvalue weighted by Crippen LogP contribution is 2.13. The molecule has 0 aliphatic heterocycles.